The highest BCUT2D eigenvalue weighted by molar-refractivity contribution is 5.99. The van der Waals surface area contributed by atoms with Gasteiger partial charge in [0.15, 0.2) is 0 Å². The average Bonchev–Trinajstić information content (AvgIpc) is 3.09. The quantitative estimate of drug-likeness (QED) is 0.854. The van der Waals surface area contributed by atoms with E-state index in [0.29, 0.717) is 22.7 Å². The molecule has 1 aliphatic rings. The van der Waals surface area contributed by atoms with Crippen molar-refractivity contribution in [2.24, 2.45) is 5.92 Å². The maximum Gasteiger partial charge on any atom is 0.257 e. The minimum absolute atomic E-state index is 0. The molecule has 1 fully saturated rings. The summed E-state index contributed by atoms with van der Waals surface area (Å²) in [5.74, 6) is 0.174. The Morgan fingerprint density at radius 3 is 2.76 bits per heavy atom. The molecule has 1 aliphatic heterocycles. The molecule has 0 saturated carbocycles. The third kappa shape index (κ3) is 4.38. The molecule has 7 heteroatoms. The lowest BCUT2D eigenvalue weighted by molar-refractivity contribution is 0.0691. The minimum atomic E-state index is -0.361. The van der Waals surface area contributed by atoms with E-state index in [1.54, 1.807) is 18.2 Å². The number of hydrogen-bond acceptors (Lipinski definition) is 3. The fourth-order valence-electron chi connectivity index (χ4n) is 3.18. The molecule has 1 aromatic carbocycles. The van der Waals surface area contributed by atoms with Gasteiger partial charge in [-0.2, -0.15) is 5.10 Å². The predicted molar refractivity (Wildman–Crippen MR) is 98.4 cm³/mol. The first-order valence-corrected chi connectivity index (χ1v) is 8.49. The van der Waals surface area contributed by atoms with Crippen molar-refractivity contribution in [1.82, 2.24) is 20.4 Å². The number of H-pyrrole nitrogens is 1. The summed E-state index contributed by atoms with van der Waals surface area (Å²) in [4.78, 5) is 14.7. The molecule has 25 heavy (non-hydrogen) atoms. The lowest BCUT2D eigenvalue weighted by Gasteiger charge is -2.32. The molecular weight excluding hydrogens is 343 g/mol. The molecule has 2 aromatic rings. The van der Waals surface area contributed by atoms with E-state index in [0.717, 1.165) is 39.0 Å². The number of likely N-dealkylation sites (tertiary alicyclic amines) is 1. The molecular formula is C18H24ClFN4O. The van der Waals surface area contributed by atoms with Crippen LogP contribution in [0, 0.1) is 11.7 Å². The van der Waals surface area contributed by atoms with Gasteiger partial charge in [-0.25, -0.2) is 4.39 Å². The van der Waals surface area contributed by atoms with Crippen LogP contribution in [0.5, 0.6) is 0 Å². The Hall–Kier alpha value is -1.92. The second-order valence-corrected chi connectivity index (χ2v) is 6.18. The predicted octanol–water partition coefficient (Wildman–Crippen LogP) is 3.10. The number of aromatic amines is 1. The van der Waals surface area contributed by atoms with Crippen LogP contribution >= 0.6 is 12.4 Å². The smallest absolute Gasteiger partial charge is 0.257 e. The summed E-state index contributed by atoms with van der Waals surface area (Å²) in [6.07, 6.45) is 3.48. The Bertz CT molecular complexity index is 698. The molecule has 0 aliphatic carbocycles. The number of rotatable bonds is 5. The highest BCUT2D eigenvalue weighted by Crippen LogP contribution is 2.26. The molecule has 136 valence electrons. The number of nitrogens with one attached hydrogen (secondary N) is 2. The fourth-order valence-corrected chi connectivity index (χ4v) is 3.18. The van der Waals surface area contributed by atoms with E-state index < -0.39 is 0 Å². The van der Waals surface area contributed by atoms with Crippen molar-refractivity contribution >= 4 is 18.3 Å². The third-order valence-electron chi connectivity index (χ3n) is 4.60. The van der Waals surface area contributed by atoms with Gasteiger partial charge in [0.05, 0.1) is 17.5 Å². The zero-order valence-electron chi connectivity index (χ0n) is 14.3. The van der Waals surface area contributed by atoms with Crippen molar-refractivity contribution in [3.8, 4) is 11.3 Å². The van der Waals surface area contributed by atoms with E-state index in [4.69, 9.17) is 0 Å². The molecule has 0 unspecified atom stereocenters. The summed E-state index contributed by atoms with van der Waals surface area (Å²) in [5, 5.41) is 10.1. The van der Waals surface area contributed by atoms with Crippen LogP contribution in [0.25, 0.3) is 11.3 Å². The zero-order chi connectivity index (χ0) is 16.9. The number of nitrogens with zero attached hydrogens (tertiary/aromatic N) is 2. The van der Waals surface area contributed by atoms with Gasteiger partial charge in [-0.3, -0.25) is 9.89 Å². The van der Waals surface area contributed by atoms with E-state index in [1.807, 2.05) is 4.90 Å². The van der Waals surface area contributed by atoms with Crippen LogP contribution in [0.4, 0.5) is 4.39 Å². The van der Waals surface area contributed by atoms with Gasteiger partial charge in [0.2, 0.25) is 0 Å². The van der Waals surface area contributed by atoms with Gasteiger partial charge in [-0.1, -0.05) is 19.1 Å². The van der Waals surface area contributed by atoms with Crippen molar-refractivity contribution < 1.29 is 9.18 Å². The Labute approximate surface area is 153 Å². The van der Waals surface area contributed by atoms with E-state index in [-0.39, 0.29) is 24.1 Å². The second-order valence-electron chi connectivity index (χ2n) is 6.18. The van der Waals surface area contributed by atoms with Crippen LogP contribution in [-0.2, 0) is 0 Å². The Balaban J connectivity index is 0.00000225. The highest BCUT2D eigenvalue weighted by atomic mass is 35.5. The lowest BCUT2D eigenvalue weighted by Crippen LogP contribution is -2.40. The molecule has 1 aromatic heterocycles. The molecule has 0 atom stereocenters. The van der Waals surface area contributed by atoms with Gasteiger partial charge in [0.1, 0.15) is 5.82 Å². The molecule has 0 spiro atoms. The largest absolute Gasteiger partial charge is 0.339 e. The molecule has 2 heterocycles. The lowest BCUT2D eigenvalue weighted by atomic mass is 9.96. The average molecular weight is 367 g/mol. The van der Waals surface area contributed by atoms with E-state index in [9.17, 15) is 9.18 Å². The molecule has 1 saturated heterocycles. The number of hydrogen-bond donors (Lipinski definition) is 2. The summed E-state index contributed by atoms with van der Waals surface area (Å²) in [6, 6.07) is 6.42. The van der Waals surface area contributed by atoms with Crippen LogP contribution in [0.1, 0.15) is 30.1 Å². The number of piperidine rings is 1. The molecule has 0 bridgehead atoms. The van der Waals surface area contributed by atoms with Crippen LogP contribution in [0.2, 0.25) is 0 Å². The summed E-state index contributed by atoms with van der Waals surface area (Å²) in [7, 11) is 0. The number of carbonyl (C=O) groups excluding carboxylic acids is 1. The van der Waals surface area contributed by atoms with Crippen molar-refractivity contribution in [3.05, 3.63) is 41.8 Å². The first-order chi connectivity index (χ1) is 11.7. The van der Waals surface area contributed by atoms with Gasteiger partial charge in [0, 0.05) is 18.7 Å². The first kappa shape index (κ1) is 19.4. The monoisotopic (exact) mass is 366 g/mol. The summed E-state index contributed by atoms with van der Waals surface area (Å²) in [6.45, 7) is 5.54. The maximum atomic E-state index is 14.0. The van der Waals surface area contributed by atoms with Crippen LogP contribution in [0.15, 0.2) is 30.5 Å². The Kier molecular flexibility index (Phi) is 6.96. The maximum absolute atomic E-state index is 14.0. The number of amides is 1. The Morgan fingerprint density at radius 1 is 1.36 bits per heavy atom. The number of halogens is 2. The van der Waals surface area contributed by atoms with E-state index >= 15 is 0 Å². The molecule has 1 amide bonds. The van der Waals surface area contributed by atoms with Gasteiger partial charge in [-0.05, 0) is 44.0 Å². The second kappa shape index (κ2) is 8.97. The fraction of sp³-hybridized carbons (Fsp3) is 0.444. The van der Waals surface area contributed by atoms with Gasteiger partial charge >= 0.3 is 0 Å². The van der Waals surface area contributed by atoms with Crippen molar-refractivity contribution in [2.45, 2.75) is 19.8 Å². The van der Waals surface area contributed by atoms with Gasteiger partial charge in [-0.15, -0.1) is 12.4 Å². The van der Waals surface area contributed by atoms with E-state index in [2.05, 4.69) is 22.4 Å². The zero-order valence-corrected chi connectivity index (χ0v) is 15.1. The SMILES string of the molecule is CCNCC1CCN(C(=O)c2cn[nH]c2-c2ccccc2F)CC1.Cl. The van der Waals surface area contributed by atoms with Crippen molar-refractivity contribution in [3.63, 3.8) is 0 Å². The third-order valence-corrected chi connectivity index (χ3v) is 4.60. The topological polar surface area (TPSA) is 61.0 Å². The number of carbonyl (C=O) groups is 1. The van der Waals surface area contributed by atoms with Crippen LogP contribution in [-0.4, -0.2) is 47.2 Å². The Morgan fingerprint density at radius 2 is 2.08 bits per heavy atom. The summed E-state index contributed by atoms with van der Waals surface area (Å²) >= 11 is 0. The molecule has 3 rings (SSSR count). The molecule has 0 radical (unpaired) electrons. The normalized spacial score (nSPS) is 15.0. The van der Waals surface area contributed by atoms with Crippen LogP contribution < -0.4 is 5.32 Å². The summed E-state index contributed by atoms with van der Waals surface area (Å²) in [5.41, 5.74) is 1.26. The highest BCUT2D eigenvalue weighted by Gasteiger charge is 2.26. The standard InChI is InChI=1S/C18H23FN4O.ClH/c1-2-20-11-13-7-9-23(10-8-13)18(24)15-12-21-22-17(15)14-5-3-4-6-16(14)19;/h3-6,12-13,20H,2,7-11H2,1H3,(H,21,22);1H. The molecule has 2 N–H and O–H groups in total. The van der Waals surface area contributed by atoms with Gasteiger partial charge in [0.25, 0.3) is 5.91 Å². The van der Waals surface area contributed by atoms with E-state index in [1.165, 1.54) is 12.3 Å². The number of benzene rings is 1. The van der Waals surface area contributed by atoms with Crippen molar-refractivity contribution in [2.75, 3.05) is 26.2 Å². The summed E-state index contributed by atoms with van der Waals surface area (Å²) < 4.78 is 14.0. The van der Waals surface area contributed by atoms with Crippen LogP contribution in [0.3, 0.4) is 0 Å². The van der Waals surface area contributed by atoms with Gasteiger partial charge < -0.3 is 10.2 Å². The first-order valence-electron chi connectivity index (χ1n) is 8.49. The number of aromatic nitrogens is 2. The molecule has 5 nitrogen and oxygen atoms in total. The van der Waals surface area contributed by atoms with Crippen molar-refractivity contribution in [1.29, 1.82) is 0 Å². The minimum Gasteiger partial charge on any atom is -0.339 e.